The van der Waals surface area contributed by atoms with E-state index in [2.05, 4.69) is 20.8 Å². The van der Waals surface area contributed by atoms with Crippen molar-refractivity contribution >= 4 is 23.2 Å². The van der Waals surface area contributed by atoms with Crippen LogP contribution in [0.5, 0.6) is 0 Å². The lowest BCUT2D eigenvalue weighted by Crippen LogP contribution is -2.33. The van der Waals surface area contributed by atoms with Crippen LogP contribution in [-0.2, 0) is 4.79 Å². The van der Waals surface area contributed by atoms with E-state index in [-0.39, 0.29) is 17.9 Å². The third-order valence-corrected chi connectivity index (χ3v) is 4.47. The molecular formula is C12H13N5O3S. The standard InChI is InChI=1S/C12H13N5O3S/c18-11(14-8-2-1-7(5-8)12(19)20)10-9(3-4-21-10)17-6-13-15-16-17/h3-4,6-8H,1-2,5H2,(H,14,18)(H,19,20)/t7-,8+/m0/s1. The molecule has 1 amide bonds. The van der Waals surface area contributed by atoms with Crippen molar-refractivity contribution in [2.24, 2.45) is 5.92 Å². The summed E-state index contributed by atoms with van der Waals surface area (Å²) in [6, 6.07) is 1.67. The van der Waals surface area contributed by atoms with Crippen LogP contribution in [0.4, 0.5) is 0 Å². The molecule has 110 valence electrons. The lowest BCUT2D eigenvalue weighted by molar-refractivity contribution is -0.141. The number of carboxylic acid groups (broad SMARTS) is 1. The van der Waals surface area contributed by atoms with Crippen molar-refractivity contribution in [2.75, 3.05) is 0 Å². The Labute approximate surface area is 123 Å². The lowest BCUT2D eigenvalue weighted by atomic mass is 10.1. The van der Waals surface area contributed by atoms with Gasteiger partial charge in [-0.1, -0.05) is 0 Å². The minimum atomic E-state index is -0.794. The van der Waals surface area contributed by atoms with Crippen molar-refractivity contribution in [3.05, 3.63) is 22.7 Å². The van der Waals surface area contributed by atoms with Gasteiger partial charge in [0.05, 0.1) is 11.6 Å². The number of aliphatic carboxylic acids is 1. The number of rotatable bonds is 4. The van der Waals surface area contributed by atoms with Crippen LogP contribution in [0.25, 0.3) is 5.69 Å². The molecule has 0 spiro atoms. The van der Waals surface area contributed by atoms with Gasteiger partial charge in [0.15, 0.2) is 0 Å². The summed E-state index contributed by atoms with van der Waals surface area (Å²) in [5.74, 6) is -1.37. The van der Waals surface area contributed by atoms with Crippen molar-refractivity contribution < 1.29 is 14.7 Å². The van der Waals surface area contributed by atoms with Gasteiger partial charge in [-0.2, -0.15) is 4.68 Å². The van der Waals surface area contributed by atoms with Crippen molar-refractivity contribution in [1.29, 1.82) is 0 Å². The first kappa shape index (κ1) is 13.7. The van der Waals surface area contributed by atoms with Crippen molar-refractivity contribution in [3.63, 3.8) is 0 Å². The molecule has 21 heavy (non-hydrogen) atoms. The highest BCUT2D eigenvalue weighted by atomic mass is 32.1. The highest BCUT2D eigenvalue weighted by Gasteiger charge is 2.31. The fourth-order valence-electron chi connectivity index (χ4n) is 2.51. The molecule has 2 atom stereocenters. The summed E-state index contributed by atoms with van der Waals surface area (Å²) < 4.78 is 1.43. The van der Waals surface area contributed by atoms with Crippen LogP contribution < -0.4 is 5.32 Å². The van der Waals surface area contributed by atoms with Gasteiger partial charge in [-0.15, -0.1) is 16.4 Å². The van der Waals surface area contributed by atoms with E-state index in [1.54, 1.807) is 11.4 Å². The molecule has 1 aliphatic rings. The Morgan fingerprint density at radius 2 is 2.29 bits per heavy atom. The molecular weight excluding hydrogens is 294 g/mol. The summed E-state index contributed by atoms with van der Waals surface area (Å²) in [6.45, 7) is 0. The number of amides is 1. The second-order valence-electron chi connectivity index (χ2n) is 4.91. The zero-order valence-corrected chi connectivity index (χ0v) is 11.8. The number of aromatic nitrogens is 4. The Morgan fingerprint density at radius 3 is 2.95 bits per heavy atom. The number of hydrogen-bond acceptors (Lipinski definition) is 6. The highest BCUT2D eigenvalue weighted by Crippen LogP contribution is 2.27. The fourth-order valence-corrected chi connectivity index (χ4v) is 3.29. The molecule has 2 aromatic rings. The fraction of sp³-hybridized carbons (Fsp3) is 0.417. The predicted molar refractivity (Wildman–Crippen MR) is 73.3 cm³/mol. The summed E-state index contributed by atoms with van der Waals surface area (Å²) in [6.07, 6.45) is 3.19. The van der Waals surface area contributed by atoms with E-state index in [0.717, 1.165) is 0 Å². The third kappa shape index (κ3) is 2.77. The van der Waals surface area contributed by atoms with Gasteiger partial charge in [-0.25, -0.2) is 0 Å². The lowest BCUT2D eigenvalue weighted by Gasteiger charge is -2.12. The molecule has 1 aliphatic carbocycles. The molecule has 0 unspecified atom stereocenters. The second-order valence-corrected chi connectivity index (χ2v) is 5.82. The maximum absolute atomic E-state index is 12.3. The van der Waals surface area contributed by atoms with E-state index in [1.807, 2.05) is 0 Å². The van der Waals surface area contributed by atoms with Gasteiger partial charge in [-0.3, -0.25) is 9.59 Å². The molecule has 2 heterocycles. The Morgan fingerprint density at radius 1 is 1.43 bits per heavy atom. The maximum Gasteiger partial charge on any atom is 0.306 e. The van der Waals surface area contributed by atoms with E-state index in [4.69, 9.17) is 5.11 Å². The molecule has 2 aromatic heterocycles. The van der Waals surface area contributed by atoms with Gasteiger partial charge in [0.2, 0.25) is 0 Å². The zero-order valence-electron chi connectivity index (χ0n) is 11.0. The average Bonchev–Trinajstić information content (AvgIpc) is 3.19. The number of nitrogens with zero attached hydrogens (tertiary/aromatic N) is 4. The molecule has 0 aromatic carbocycles. The largest absolute Gasteiger partial charge is 0.481 e. The van der Waals surface area contributed by atoms with E-state index in [1.165, 1.54) is 22.3 Å². The van der Waals surface area contributed by atoms with Crippen molar-refractivity contribution in [3.8, 4) is 5.69 Å². The van der Waals surface area contributed by atoms with Crippen LogP contribution in [0.3, 0.4) is 0 Å². The van der Waals surface area contributed by atoms with Crippen LogP contribution in [-0.4, -0.2) is 43.2 Å². The highest BCUT2D eigenvalue weighted by molar-refractivity contribution is 7.12. The molecule has 2 N–H and O–H groups in total. The number of carbonyl (C=O) groups is 2. The predicted octanol–water partition coefficient (Wildman–Crippen LogP) is 0.707. The molecule has 0 radical (unpaired) electrons. The topological polar surface area (TPSA) is 110 Å². The second kappa shape index (κ2) is 5.60. The van der Waals surface area contributed by atoms with Crippen molar-refractivity contribution in [1.82, 2.24) is 25.5 Å². The van der Waals surface area contributed by atoms with Crippen LogP contribution in [0, 0.1) is 5.92 Å². The Hall–Kier alpha value is -2.29. The SMILES string of the molecule is O=C(N[C@@H]1CC[C@H](C(=O)O)C1)c1sccc1-n1cnnn1. The van der Waals surface area contributed by atoms with E-state index in [0.29, 0.717) is 29.8 Å². The van der Waals surface area contributed by atoms with Gasteiger partial charge in [0.1, 0.15) is 11.2 Å². The Kier molecular flexibility index (Phi) is 3.65. The molecule has 9 heteroatoms. The monoisotopic (exact) mass is 307 g/mol. The number of carbonyl (C=O) groups excluding carboxylic acids is 1. The van der Waals surface area contributed by atoms with Crippen LogP contribution >= 0.6 is 11.3 Å². The van der Waals surface area contributed by atoms with Crippen LogP contribution in [0.1, 0.15) is 28.9 Å². The summed E-state index contributed by atoms with van der Waals surface area (Å²) in [4.78, 5) is 23.8. The maximum atomic E-state index is 12.3. The molecule has 0 bridgehead atoms. The zero-order chi connectivity index (χ0) is 14.8. The summed E-state index contributed by atoms with van der Waals surface area (Å²) >= 11 is 1.30. The van der Waals surface area contributed by atoms with Gasteiger partial charge >= 0.3 is 5.97 Å². The quantitative estimate of drug-likeness (QED) is 0.860. The van der Waals surface area contributed by atoms with Crippen LogP contribution in [0.15, 0.2) is 17.8 Å². The minimum absolute atomic E-state index is 0.0950. The van der Waals surface area contributed by atoms with E-state index < -0.39 is 5.97 Å². The van der Waals surface area contributed by atoms with Gasteiger partial charge in [0, 0.05) is 6.04 Å². The molecule has 1 fully saturated rings. The number of hydrogen-bond donors (Lipinski definition) is 2. The van der Waals surface area contributed by atoms with Crippen LogP contribution in [0.2, 0.25) is 0 Å². The Bertz CT molecular complexity index is 654. The number of thiophene rings is 1. The molecule has 0 aliphatic heterocycles. The van der Waals surface area contributed by atoms with Crippen molar-refractivity contribution in [2.45, 2.75) is 25.3 Å². The first-order chi connectivity index (χ1) is 10.1. The average molecular weight is 307 g/mol. The normalized spacial score (nSPS) is 21.3. The first-order valence-electron chi connectivity index (χ1n) is 6.49. The Balaban J connectivity index is 1.70. The summed E-state index contributed by atoms with van der Waals surface area (Å²) in [5.41, 5.74) is 0.621. The van der Waals surface area contributed by atoms with Gasteiger partial charge in [0.25, 0.3) is 5.91 Å². The summed E-state index contributed by atoms with van der Waals surface area (Å²) in [5, 5.41) is 24.5. The third-order valence-electron chi connectivity index (χ3n) is 3.56. The number of carboxylic acids is 1. The van der Waals surface area contributed by atoms with E-state index >= 15 is 0 Å². The number of tetrazole rings is 1. The molecule has 8 nitrogen and oxygen atoms in total. The molecule has 0 saturated heterocycles. The number of nitrogens with one attached hydrogen (secondary N) is 1. The smallest absolute Gasteiger partial charge is 0.306 e. The molecule has 3 rings (SSSR count). The first-order valence-corrected chi connectivity index (χ1v) is 7.37. The minimum Gasteiger partial charge on any atom is -0.481 e. The van der Waals surface area contributed by atoms with E-state index in [9.17, 15) is 9.59 Å². The van der Waals surface area contributed by atoms with Gasteiger partial charge < -0.3 is 10.4 Å². The molecule has 1 saturated carbocycles. The van der Waals surface area contributed by atoms with Gasteiger partial charge in [-0.05, 0) is 41.1 Å². The summed E-state index contributed by atoms with van der Waals surface area (Å²) in [7, 11) is 0.